The van der Waals surface area contributed by atoms with Crippen LogP contribution in [0.4, 0.5) is 5.69 Å². The maximum atomic E-state index is 15.0. The number of fused-ring (bicyclic) bond motifs is 2. The van der Waals surface area contributed by atoms with Gasteiger partial charge in [-0.25, -0.2) is 0 Å². The van der Waals surface area contributed by atoms with Gasteiger partial charge in [0.25, 0.3) is 5.91 Å². The van der Waals surface area contributed by atoms with Gasteiger partial charge in [-0.3, -0.25) is 9.69 Å². The molecule has 4 aromatic carbocycles. The van der Waals surface area contributed by atoms with E-state index in [4.69, 9.17) is 5.10 Å². The fourth-order valence-corrected chi connectivity index (χ4v) is 7.28. The molecule has 4 atom stereocenters. The third-order valence-corrected chi connectivity index (χ3v) is 8.78. The van der Waals surface area contributed by atoms with Crippen molar-refractivity contribution in [1.29, 1.82) is 0 Å². The van der Waals surface area contributed by atoms with Crippen molar-refractivity contribution < 1.29 is 4.79 Å². The van der Waals surface area contributed by atoms with E-state index < -0.39 is 5.41 Å². The topological polar surface area (TPSA) is 35.9 Å². The molecule has 4 nitrogen and oxygen atoms in total. The molecule has 3 heterocycles. The Labute approximate surface area is 229 Å². The number of carbonyl (C=O) groups is 1. The van der Waals surface area contributed by atoms with Gasteiger partial charge in [-0.05, 0) is 47.7 Å². The Bertz CT molecular complexity index is 1550. The number of hydrogen-bond acceptors (Lipinski definition) is 3. The summed E-state index contributed by atoms with van der Waals surface area (Å²) in [5.41, 5.74) is 5.77. The second-order valence-electron chi connectivity index (χ2n) is 10.8. The summed E-state index contributed by atoms with van der Waals surface area (Å²) in [4.78, 5) is 17.6. The Morgan fingerprint density at radius 2 is 1.33 bits per heavy atom. The number of hydrogen-bond donors (Lipinski definition) is 0. The second kappa shape index (κ2) is 9.48. The minimum Gasteiger partial charge on any atom is -0.287 e. The summed E-state index contributed by atoms with van der Waals surface area (Å²) in [6.45, 7) is 2.97. The molecule has 0 N–H and O–H groups in total. The highest BCUT2D eigenvalue weighted by Crippen LogP contribution is 2.64. The molecule has 4 heteroatoms. The van der Waals surface area contributed by atoms with Crippen molar-refractivity contribution in [2.75, 3.05) is 11.6 Å². The number of benzene rings is 4. The first kappa shape index (κ1) is 23.8. The number of carbonyl (C=O) groups excluding carboxylic acids is 1. The third-order valence-electron chi connectivity index (χ3n) is 8.78. The van der Waals surface area contributed by atoms with Gasteiger partial charge in [-0.2, -0.15) is 10.1 Å². The lowest BCUT2D eigenvalue weighted by molar-refractivity contribution is -0.124. The molecule has 0 radical (unpaired) electrons. The van der Waals surface area contributed by atoms with Gasteiger partial charge >= 0.3 is 0 Å². The largest absolute Gasteiger partial charge is 0.287 e. The lowest BCUT2D eigenvalue weighted by atomic mass is 9.63. The van der Waals surface area contributed by atoms with Gasteiger partial charge in [0.1, 0.15) is 5.41 Å². The lowest BCUT2D eigenvalue weighted by Gasteiger charge is -2.36. The van der Waals surface area contributed by atoms with Gasteiger partial charge in [-0.15, -0.1) is 0 Å². The van der Waals surface area contributed by atoms with E-state index in [0.717, 1.165) is 24.4 Å². The van der Waals surface area contributed by atoms with Crippen LogP contribution < -0.4 is 5.01 Å². The summed E-state index contributed by atoms with van der Waals surface area (Å²) >= 11 is 0. The van der Waals surface area contributed by atoms with Crippen LogP contribution in [0, 0.1) is 5.41 Å². The van der Waals surface area contributed by atoms with E-state index in [1.807, 2.05) is 36.4 Å². The van der Waals surface area contributed by atoms with Crippen molar-refractivity contribution in [3.05, 3.63) is 144 Å². The van der Waals surface area contributed by atoms with Crippen molar-refractivity contribution in [3.63, 3.8) is 0 Å². The standard InChI is InChI=1S/C35H31N3O/c1-25-35(34(39)38(36-25)30-20-12-5-13-21-30)31(27-16-8-3-9-17-27)32(28-18-10-4-11-19-28)37-23-22-29(33(35)37)24-26-14-6-2-7-15-26/h2-21,24,31-33H,22-23H2,1H3/b29-24+. The van der Waals surface area contributed by atoms with E-state index in [2.05, 4.69) is 103 Å². The number of nitrogens with zero attached hydrogens (tertiary/aromatic N) is 3. The Balaban J connectivity index is 1.48. The molecule has 1 amide bonds. The molecule has 4 unspecified atom stereocenters. The van der Waals surface area contributed by atoms with Crippen LogP contribution in [0.2, 0.25) is 0 Å². The van der Waals surface area contributed by atoms with Crippen LogP contribution >= 0.6 is 0 Å². The van der Waals surface area contributed by atoms with Crippen LogP contribution in [-0.4, -0.2) is 29.1 Å². The zero-order chi connectivity index (χ0) is 26.4. The molecule has 0 aliphatic carbocycles. The zero-order valence-corrected chi connectivity index (χ0v) is 22.0. The molecule has 0 aromatic heterocycles. The molecule has 3 aliphatic rings. The fraction of sp³-hybridized carbons (Fsp3) is 0.200. The van der Waals surface area contributed by atoms with Crippen molar-refractivity contribution in [2.24, 2.45) is 10.5 Å². The van der Waals surface area contributed by atoms with E-state index in [9.17, 15) is 4.79 Å². The highest BCUT2D eigenvalue weighted by molar-refractivity contribution is 6.20. The molecule has 0 bridgehead atoms. The molecule has 0 saturated carbocycles. The van der Waals surface area contributed by atoms with E-state index >= 15 is 0 Å². The first-order chi connectivity index (χ1) is 19.2. The molecule has 2 saturated heterocycles. The molecule has 2 fully saturated rings. The van der Waals surface area contributed by atoms with Crippen molar-refractivity contribution >= 4 is 23.4 Å². The SMILES string of the molecule is CC1=NN(c2ccccc2)C(=O)C12C(c1ccccc1)C(c1ccccc1)N1CC/C(=C\c3ccccc3)C12. The molecule has 39 heavy (non-hydrogen) atoms. The normalized spacial score (nSPS) is 27.4. The number of amides is 1. The second-order valence-corrected chi connectivity index (χ2v) is 10.8. The number of anilines is 1. The first-order valence-corrected chi connectivity index (χ1v) is 13.8. The minimum absolute atomic E-state index is 0.0464. The van der Waals surface area contributed by atoms with Crippen LogP contribution in [0.25, 0.3) is 6.08 Å². The number of para-hydroxylation sites is 1. The van der Waals surface area contributed by atoms with Gasteiger partial charge in [0.05, 0.1) is 17.4 Å². The predicted molar refractivity (Wildman–Crippen MR) is 157 cm³/mol. The average Bonchev–Trinajstić information content (AvgIpc) is 3.62. The van der Waals surface area contributed by atoms with Gasteiger partial charge in [0.2, 0.25) is 0 Å². The number of hydrazone groups is 1. The van der Waals surface area contributed by atoms with Crippen LogP contribution in [-0.2, 0) is 4.79 Å². The summed E-state index contributed by atoms with van der Waals surface area (Å²) in [6, 6.07) is 41.7. The quantitative estimate of drug-likeness (QED) is 0.294. The lowest BCUT2D eigenvalue weighted by Crippen LogP contribution is -2.50. The Hall–Kier alpha value is -4.28. The third kappa shape index (κ3) is 3.63. The maximum absolute atomic E-state index is 15.0. The van der Waals surface area contributed by atoms with Gasteiger partial charge in [0.15, 0.2) is 0 Å². The highest BCUT2D eigenvalue weighted by Gasteiger charge is 2.70. The van der Waals surface area contributed by atoms with E-state index in [1.54, 1.807) is 5.01 Å². The van der Waals surface area contributed by atoms with Gasteiger partial charge < -0.3 is 0 Å². The zero-order valence-electron chi connectivity index (χ0n) is 22.0. The van der Waals surface area contributed by atoms with E-state index in [1.165, 1.54) is 22.3 Å². The molecular formula is C35H31N3O. The summed E-state index contributed by atoms with van der Waals surface area (Å²) < 4.78 is 0. The summed E-state index contributed by atoms with van der Waals surface area (Å²) in [6.07, 6.45) is 3.24. The smallest absolute Gasteiger partial charge is 0.262 e. The van der Waals surface area contributed by atoms with Crippen molar-refractivity contribution in [1.82, 2.24) is 4.90 Å². The summed E-state index contributed by atoms with van der Waals surface area (Å²) in [5.74, 6) is -0.0233. The van der Waals surface area contributed by atoms with Crippen LogP contribution in [0.5, 0.6) is 0 Å². The molecule has 4 aromatic rings. The van der Waals surface area contributed by atoms with Crippen LogP contribution in [0.15, 0.2) is 132 Å². The van der Waals surface area contributed by atoms with E-state index in [0.29, 0.717) is 0 Å². The van der Waals surface area contributed by atoms with Gasteiger partial charge in [-0.1, -0.05) is 115 Å². The Kier molecular flexibility index (Phi) is 5.79. The first-order valence-electron chi connectivity index (χ1n) is 13.8. The monoisotopic (exact) mass is 509 g/mol. The summed E-state index contributed by atoms with van der Waals surface area (Å²) in [7, 11) is 0. The number of rotatable bonds is 4. The Morgan fingerprint density at radius 3 is 1.97 bits per heavy atom. The van der Waals surface area contributed by atoms with Gasteiger partial charge in [0, 0.05) is 18.5 Å². The predicted octanol–water partition coefficient (Wildman–Crippen LogP) is 7.09. The Morgan fingerprint density at radius 1 is 0.769 bits per heavy atom. The molecule has 3 aliphatic heterocycles. The van der Waals surface area contributed by atoms with E-state index in [-0.39, 0.29) is 23.9 Å². The maximum Gasteiger partial charge on any atom is 0.262 e. The fourth-order valence-electron chi connectivity index (χ4n) is 7.28. The van der Waals surface area contributed by atoms with Crippen LogP contribution in [0.1, 0.15) is 42.0 Å². The van der Waals surface area contributed by atoms with Crippen LogP contribution in [0.3, 0.4) is 0 Å². The average molecular weight is 510 g/mol. The highest BCUT2D eigenvalue weighted by atomic mass is 16.2. The van der Waals surface area contributed by atoms with Crippen molar-refractivity contribution in [3.8, 4) is 0 Å². The molecule has 1 spiro atoms. The minimum atomic E-state index is -0.825. The molecule has 7 rings (SSSR count). The summed E-state index contributed by atoms with van der Waals surface area (Å²) in [5, 5.41) is 6.69. The molecular weight excluding hydrogens is 478 g/mol. The molecule has 192 valence electrons. The van der Waals surface area contributed by atoms with Crippen molar-refractivity contribution in [2.45, 2.75) is 31.3 Å².